The van der Waals surface area contributed by atoms with E-state index in [9.17, 15) is 4.79 Å². The zero-order valence-corrected chi connectivity index (χ0v) is 15.9. The first-order valence-corrected chi connectivity index (χ1v) is 9.80. The number of aliphatic imine (C=N–C) groups is 1. The lowest BCUT2D eigenvalue weighted by molar-refractivity contribution is -0.133. The number of fused-ring (bicyclic) bond motifs is 2. The molecule has 0 bridgehead atoms. The Kier molecular flexibility index (Phi) is 4.19. The lowest BCUT2D eigenvalue weighted by atomic mass is 10.1. The van der Waals surface area contributed by atoms with E-state index in [1.807, 2.05) is 47.4 Å². The van der Waals surface area contributed by atoms with Crippen LogP contribution in [0.15, 0.2) is 47.5 Å². The first-order chi connectivity index (χ1) is 13.7. The fourth-order valence-electron chi connectivity index (χ4n) is 3.80. The molecular formula is C22H23N3O3. The summed E-state index contributed by atoms with van der Waals surface area (Å²) < 4.78 is 11.6. The number of methoxy groups -OCH3 is 1. The summed E-state index contributed by atoms with van der Waals surface area (Å²) in [5, 5.41) is 0. The molecule has 0 radical (unpaired) electrons. The van der Waals surface area contributed by atoms with Gasteiger partial charge in [-0.05, 0) is 43.2 Å². The number of amides is 1. The van der Waals surface area contributed by atoms with Crippen LogP contribution in [0.25, 0.3) is 0 Å². The van der Waals surface area contributed by atoms with E-state index in [2.05, 4.69) is 4.90 Å². The molecule has 0 spiro atoms. The van der Waals surface area contributed by atoms with Gasteiger partial charge in [-0.1, -0.05) is 12.1 Å². The van der Waals surface area contributed by atoms with Gasteiger partial charge in [0.2, 0.25) is 5.91 Å². The Morgan fingerprint density at radius 1 is 1.07 bits per heavy atom. The standard InChI is InChI=1S/C22H23N3O3/c1-27-16-8-9-19-17(14-16)21(23-18-4-2-3-5-20(18)28-19)24-10-12-25(13-11-24)22(26)15-6-7-15/h2-5,8-9,14-15H,6-7,10-13H2,1H3. The van der Waals surface area contributed by atoms with E-state index in [0.29, 0.717) is 5.91 Å². The maximum absolute atomic E-state index is 12.4. The predicted octanol–water partition coefficient (Wildman–Crippen LogP) is 3.43. The van der Waals surface area contributed by atoms with Crippen LogP contribution >= 0.6 is 0 Å². The predicted molar refractivity (Wildman–Crippen MR) is 107 cm³/mol. The largest absolute Gasteiger partial charge is 0.497 e. The highest BCUT2D eigenvalue weighted by molar-refractivity contribution is 6.04. The van der Waals surface area contributed by atoms with E-state index in [0.717, 1.165) is 73.4 Å². The topological polar surface area (TPSA) is 54.4 Å². The normalized spacial score (nSPS) is 18.4. The monoisotopic (exact) mass is 377 g/mol. The molecule has 0 atom stereocenters. The number of piperazine rings is 1. The number of hydrogen-bond donors (Lipinski definition) is 0. The molecule has 0 unspecified atom stereocenters. The van der Waals surface area contributed by atoms with Crippen LogP contribution in [0.3, 0.4) is 0 Å². The molecule has 3 aliphatic rings. The molecule has 2 aromatic carbocycles. The third-order valence-corrected chi connectivity index (χ3v) is 5.56. The van der Waals surface area contributed by atoms with Crippen molar-refractivity contribution >= 4 is 17.4 Å². The molecule has 2 fully saturated rings. The van der Waals surface area contributed by atoms with Crippen molar-refractivity contribution in [3.05, 3.63) is 48.0 Å². The van der Waals surface area contributed by atoms with Crippen LogP contribution < -0.4 is 9.47 Å². The summed E-state index contributed by atoms with van der Waals surface area (Å²) in [7, 11) is 1.66. The van der Waals surface area contributed by atoms with E-state index in [1.165, 1.54) is 0 Å². The second-order valence-corrected chi connectivity index (χ2v) is 7.45. The second-order valence-electron chi connectivity index (χ2n) is 7.45. The Morgan fingerprint density at radius 3 is 2.61 bits per heavy atom. The zero-order valence-electron chi connectivity index (χ0n) is 15.9. The summed E-state index contributed by atoms with van der Waals surface area (Å²) in [6.07, 6.45) is 2.10. The fraction of sp³-hybridized carbons (Fsp3) is 0.364. The summed E-state index contributed by atoms with van der Waals surface area (Å²) in [6.45, 7) is 2.98. The average molecular weight is 377 g/mol. The highest BCUT2D eigenvalue weighted by Crippen LogP contribution is 2.39. The van der Waals surface area contributed by atoms with Crippen molar-refractivity contribution in [2.24, 2.45) is 10.9 Å². The van der Waals surface area contributed by atoms with Gasteiger partial charge in [0.15, 0.2) is 5.75 Å². The number of benzene rings is 2. The molecule has 1 amide bonds. The Hall–Kier alpha value is -3.02. The van der Waals surface area contributed by atoms with Gasteiger partial charge in [0.05, 0.1) is 12.7 Å². The van der Waals surface area contributed by atoms with Gasteiger partial charge in [-0.3, -0.25) is 4.79 Å². The van der Waals surface area contributed by atoms with E-state index in [-0.39, 0.29) is 5.92 Å². The van der Waals surface area contributed by atoms with Gasteiger partial charge in [-0.25, -0.2) is 4.99 Å². The first-order valence-electron chi connectivity index (χ1n) is 9.80. The molecule has 144 valence electrons. The third kappa shape index (κ3) is 3.09. The van der Waals surface area contributed by atoms with Gasteiger partial charge in [-0.15, -0.1) is 0 Å². The zero-order chi connectivity index (χ0) is 19.1. The highest BCUT2D eigenvalue weighted by atomic mass is 16.5. The van der Waals surface area contributed by atoms with Crippen LogP contribution in [-0.2, 0) is 4.79 Å². The summed E-state index contributed by atoms with van der Waals surface area (Å²) in [6, 6.07) is 13.6. The second kappa shape index (κ2) is 6.86. The van der Waals surface area contributed by atoms with Gasteiger partial charge in [0.1, 0.15) is 23.0 Å². The van der Waals surface area contributed by atoms with Crippen molar-refractivity contribution in [3.8, 4) is 17.2 Å². The van der Waals surface area contributed by atoms with Gasteiger partial charge in [0, 0.05) is 32.1 Å². The minimum absolute atomic E-state index is 0.270. The van der Waals surface area contributed by atoms with Gasteiger partial charge < -0.3 is 19.3 Å². The van der Waals surface area contributed by atoms with Crippen LogP contribution in [0.5, 0.6) is 17.2 Å². The number of carbonyl (C=O) groups excluding carboxylic acids is 1. The summed E-state index contributed by atoms with van der Waals surface area (Å²) in [5.74, 6) is 3.73. The molecular weight excluding hydrogens is 354 g/mol. The van der Waals surface area contributed by atoms with Gasteiger partial charge >= 0.3 is 0 Å². The molecule has 28 heavy (non-hydrogen) atoms. The Bertz CT molecular complexity index is 944. The number of hydrogen-bond acceptors (Lipinski definition) is 5. The first kappa shape index (κ1) is 17.1. The van der Waals surface area contributed by atoms with Gasteiger partial charge in [0.25, 0.3) is 0 Å². The fourth-order valence-corrected chi connectivity index (χ4v) is 3.80. The minimum atomic E-state index is 0.270. The molecule has 5 rings (SSSR count). The smallest absolute Gasteiger partial charge is 0.225 e. The number of amidine groups is 1. The molecule has 0 N–H and O–H groups in total. The number of ether oxygens (including phenoxy) is 2. The number of rotatable bonds is 2. The molecule has 6 heteroatoms. The minimum Gasteiger partial charge on any atom is -0.497 e. The molecule has 2 aromatic rings. The van der Waals surface area contributed by atoms with E-state index < -0.39 is 0 Å². The summed E-state index contributed by atoms with van der Waals surface area (Å²) in [4.78, 5) is 21.6. The van der Waals surface area contributed by atoms with E-state index in [1.54, 1.807) is 7.11 Å². The molecule has 1 saturated carbocycles. The molecule has 1 aliphatic carbocycles. The lowest BCUT2D eigenvalue weighted by Gasteiger charge is -2.36. The highest BCUT2D eigenvalue weighted by Gasteiger charge is 2.35. The maximum Gasteiger partial charge on any atom is 0.225 e. The van der Waals surface area contributed by atoms with E-state index >= 15 is 0 Å². The molecule has 1 saturated heterocycles. The van der Waals surface area contributed by atoms with Crippen molar-refractivity contribution in [3.63, 3.8) is 0 Å². The van der Waals surface area contributed by atoms with Crippen molar-refractivity contribution in [1.82, 2.24) is 9.80 Å². The van der Waals surface area contributed by atoms with Crippen LogP contribution in [0.2, 0.25) is 0 Å². The third-order valence-electron chi connectivity index (χ3n) is 5.56. The average Bonchev–Trinajstić information content (AvgIpc) is 3.59. The molecule has 0 aromatic heterocycles. The SMILES string of the molecule is COc1ccc2c(c1)C(N1CCN(C(=O)C3CC3)CC1)=Nc1ccccc1O2. The molecule has 6 nitrogen and oxygen atoms in total. The number of carbonyl (C=O) groups is 1. The Morgan fingerprint density at radius 2 is 1.86 bits per heavy atom. The van der Waals surface area contributed by atoms with Crippen molar-refractivity contribution < 1.29 is 14.3 Å². The van der Waals surface area contributed by atoms with E-state index in [4.69, 9.17) is 14.5 Å². The molecule has 2 aliphatic heterocycles. The van der Waals surface area contributed by atoms with Gasteiger partial charge in [-0.2, -0.15) is 0 Å². The van der Waals surface area contributed by atoms with Crippen molar-refractivity contribution in [1.29, 1.82) is 0 Å². The van der Waals surface area contributed by atoms with Crippen LogP contribution in [0.1, 0.15) is 18.4 Å². The quantitative estimate of drug-likeness (QED) is 0.805. The van der Waals surface area contributed by atoms with Crippen molar-refractivity contribution in [2.45, 2.75) is 12.8 Å². The summed E-state index contributed by atoms with van der Waals surface area (Å²) >= 11 is 0. The Labute approximate surface area is 164 Å². The van der Waals surface area contributed by atoms with Crippen LogP contribution in [0, 0.1) is 5.92 Å². The number of nitrogens with zero attached hydrogens (tertiary/aromatic N) is 3. The maximum atomic E-state index is 12.4. The summed E-state index contributed by atoms with van der Waals surface area (Å²) in [5.41, 5.74) is 1.72. The van der Waals surface area contributed by atoms with Crippen LogP contribution in [-0.4, -0.2) is 54.8 Å². The lowest BCUT2D eigenvalue weighted by Crippen LogP contribution is -2.51. The van der Waals surface area contributed by atoms with Crippen LogP contribution in [0.4, 0.5) is 5.69 Å². The number of para-hydroxylation sites is 2. The van der Waals surface area contributed by atoms with Crippen molar-refractivity contribution in [2.75, 3.05) is 33.3 Å². The molecule has 2 heterocycles. The Balaban J connectivity index is 1.48.